The molecule has 1 N–H and O–H groups in total. The van der Waals surface area contributed by atoms with Gasteiger partial charge in [0.05, 0.1) is 28.9 Å². The number of ether oxygens (including phenoxy) is 1. The SMILES string of the molecule is CCc1ccc(C(=O)OC)cc1S(=O)(=O)Nc1cc(-c2nnc(C)o2)ccc1N1CCCCC1. The minimum Gasteiger partial charge on any atom is -0.465 e. The number of methoxy groups -OCH3 is 1. The number of anilines is 2. The lowest BCUT2D eigenvalue weighted by Gasteiger charge is -2.31. The molecule has 0 unspecified atom stereocenters. The van der Waals surface area contributed by atoms with E-state index in [0.717, 1.165) is 38.0 Å². The fourth-order valence-corrected chi connectivity index (χ4v) is 5.52. The second-order valence-corrected chi connectivity index (χ2v) is 9.83. The van der Waals surface area contributed by atoms with Crippen molar-refractivity contribution in [3.05, 3.63) is 53.4 Å². The third kappa shape index (κ3) is 4.91. The lowest BCUT2D eigenvalue weighted by molar-refractivity contribution is 0.0600. The third-order valence-corrected chi connectivity index (χ3v) is 7.32. The van der Waals surface area contributed by atoms with E-state index in [2.05, 4.69) is 19.8 Å². The second kappa shape index (κ2) is 9.84. The van der Waals surface area contributed by atoms with Gasteiger partial charge in [-0.05, 0) is 61.6 Å². The minimum atomic E-state index is -4.03. The van der Waals surface area contributed by atoms with Crippen molar-refractivity contribution in [3.63, 3.8) is 0 Å². The molecule has 34 heavy (non-hydrogen) atoms. The van der Waals surface area contributed by atoms with E-state index in [9.17, 15) is 13.2 Å². The summed E-state index contributed by atoms with van der Waals surface area (Å²) < 4.78 is 40.3. The van der Waals surface area contributed by atoms with Crippen LogP contribution >= 0.6 is 0 Å². The highest BCUT2D eigenvalue weighted by Crippen LogP contribution is 2.35. The second-order valence-electron chi connectivity index (χ2n) is 8.18. The van der Waals surface area contributed by atoms with Crippen LogP contribution in [0.1, 0.15) is 48.0 Å². The van der Waals surface area contributed by atoms with Gasteiger partial charge in [0, 0.05) is 25.6 Å². The number of nitrogens with zero attached hydrogens (tertiary/aromatic N) is 3. The predicted octanol–water partition coefficient (Wildman–Crippen LogP) is 4.19. The lowest BCUT2D eigenvalue weighted by Crippen LogP contribution is -2.30. The van der Waals surface area contributed by atoms with Gasteiger partial charge >= 0.3 is 5.97 Å². The molecular weight excluding hydrogens is 456 g/mol. The Hall–Kier alpha value is -3.40. The van der Waals surface area contributed by atoms with Gasteiger partial charge in [-0.3, -0.25) is 4.72 Å². The summed E-state index contributed by atoms with van der Waals surface area (Å²) in [5, 5.41) is 7.94. The first kappa shape index (κ1) is 23.7. The quantitative estimate of drug-likeness (QED) is 0.497. The van der Waals surface area contributed by atoms with Crippen molar-refractivity contribution in [1.82, 2.24) is 10.2 Å². The maximum Gasteiger partial charge on any atom is 0.337 e. The standard InChI is InChI=1S/C24H28N4O5S/c1-4-17-8-9-19(24(29)32-3)15-22(17)34(30,31)27-20-14-18(23-26-25-16(2)33-23)10-11-21(20)28-12-6-5-7-13-28/h8-11,14-15,27H,4-7,12-13H2,1-3H3. The molecule has 1 aliphatic heterocycles. The predicted molar refractivity (Wildman–Crippen MR) is 129 cm³/mol. The van der Waals surface area contributed by atoms with E-state index in [-0.39, 0.29) is 10.5 Å². The summed E-state index contributed by atoms with van der Waals surface area (Å²) in [7, 11) is -2.76. The first-order valence-corrected chi connectivity index (χ1v) is 12.7. The number of sulfonamides is 1. The molecule has 2 aromatic carbocycles. The summed E-state index contributed by atoms with van der Waals surface area (Å²) in [5.74, 6) is 0.136. The summed E-state index contributed by atoms with van der Waals surface area (Å²) in [4.78, 5) is 14.3. The Kier molecular flexibility index (Phi) is 6.87. The van der Waals surface area contributed by atoms with Gasteiger partial charge in [0.25, 0.3) is 10.0 Å². The number of carbonyl (C=O) groups excluding carboxylic acids is 1. The summed E-state index contributed by atoms with van der Waals surface area (Å²) in [6.07, 6.45) is 3.71. The van der Waals surface area contributed by atoms with Crippen molar-refractivity contribution in [1.29, 1.82) is 0 Å². The minimum absolute atomic E-state index is 0.0431. The van der Waals surface area contributed by atoms with Gasteiger partial charge in [0.2, 0.25) is 11.8 Å². The van der Waals surface area contributed by atoms with E-state index in [4.69, 9.17) is 9.15 Å². The molecule has 1 aliphatic rings. The van der Waals surface area contributed by atoms with Crippen molar-refractivity contribution >= 4 is 27.4 Å². The zero-order valence-electron chi connectivity index (χ0n) is 19.5. The Bertz CT molecular complexity index is 1300. The van der Waals surface area contributed by atoms with Crippen molar-refractivity contribution in [2.45, 2.75) is 44.4 Å². The smallest absolute Gasteiger partial charge is 0.337 e. The number of rotatable bonds is 7. The van der Waals surface area contributed by atoms with Gasteiger partial charge in [-0.2, -0.15) is 0 Å². The van der Waals surface area contributed by atoms with Crippen LogP contribution in [0.5, 0.6) is 0 Å². The van der Waals surface area contributed by atoms with Crippen LogP contribution < -0.4 is 9.62 Å². The molecule has 180 valence electrons. The molecule has 4 rings (SSSR count). The first-order chi connectivity index (χ1) is 16.3. The van der Waals surface area contributed by atoms with E-state index < -0.39 is 16.0 Å². The van der Waals surface area contributed by atoms with Crippen molar-refractivity contribution < 1.29 is 22.4 Å². The molecule has 3 aromatic rings. The molecule has 1 saturated heterocycles. The molecule has 0 atom stereocenters. The lowest BCUT2D eigenvalue weighted by atomic mass is 10.1. The molecule has 0 aliphatic carbocycles. The van der Waals surface area contributed by atoms with Crippen LogP contribution in [0, 0.1) is 6.92 Å². The van der Waals surface area contributed by atoms with Crippen LogP contribution in [-0.2, 0) is 21.2 Å². The highest BCUT2D eigenvalue weighted by Gasteiger charge is 2.24. The molecule has 0 radical (unpaired) electrons. The average molecular weight is 485 g/mol. The number of benzene rings is 2. The number of piperidine rings is 1. The Morgan fingerprint density at radius 2 is 1.88 bits per heavy atom. The fourth-order valence-electron chi connectivity index (χ4n) is 4.12. The highest BCUT2D eigenvalue weighted by molar-refractivity contribution is 7.92. The molecule has 10 heteroatoms. The van der Waals surface area contributed by atoms with Crippen LogP contribution in [0.25, 0.3) is 11.5 Å². The maximum absolute atomic E-state index is 13.6. The van der Waals surface area contributed by atoms with E-state index in [0.29, 0.717) is 35.0 Å². The molecule has 9 nitrogen and oxygen atoms in total. The van der Waals surface area contributed by atoms with Gasteiger partial charge in [-0.1, -0.05) is 13.0 Å². The summed E-state index contributed by atoms with van der Waals surface area (Å²) in [6, 6.07) is 10.0. The molecule has 0 bridgehead atoms. The zero-order chi connectivity index (χ0) is 24.3. The van der Waals surface area contributed by atoms with Crippen LogP contribution in [0.2, 0.25) is 0 Å². The number of aromatic nitrogens is 2. The van der Waals surface area contributed by atoms with Crippen LogP contribution in [-0.4, -0.2) is 44.8 Å². The topological polar surface area (TPSA) is 115 Å². The van der Waals surface area contributed by atoms with Gasteiger partial charge in [0.15, 0.2) is 0 Å². The summed E-state index contributed by atoms with van der Waals surface area (Å²) in [5.41, 5.74) is 2.58. The van der Waals surface area contributed by atoms with Gasteiger partial charge in [0.1, 0.15) is 0 Å². The number of hydrogen-bond acceptors (Lipinski definition) is 8. The average Bonchev–Trinajstić information content (AvgIpc) is 3.29. The number of nitrogens with one attached hydrogen (secondary N) is 1. The first-order valence-electron chi connectivity index (χ1n) is 11.3. The monoisotopic (exact) mass is 484 g/mol. The molecule has 2 heterocycles. The number of carbonyl (C=O) groups is 1. The van der Waals surface area contributed by atoms with E-state index in [1.807, 2.05) is 19.1 Å². The molecule has 0 saturated carbocycles. The zero-order valence-corrected chi connectivity index (χ0v) is 20.3. The summed E-state index contributed by atoms with van der Waals surface area (Å²) >= 11 is 0. The molecule has 1 aromatic heterocycles. The molecule has 0 amide bonds. The molecule has 0 spiro atoms. The molecule has 1 fully saturated rings. The van der Waals surface area contributed by atoms with Crippen LogP contribution in [0.4, 0.5) is 11.4 Å². The Morgan fingerprint density at radius 3 is 2.53 bits per heavy atom. The molecular formula is C24H28N4O5S. The van der Waals surface area contributed by atoms with Crippen molar-refractivity contribution in [3.8, 4) is 11.5 Å². The number of hydrogen-bond donors (Lipinski definition) is 1. The number of aryl methyl sites for hydroxylation is 2. The van der Waals surface area contributed by atoms with Crippen molar-refractivity contribution in [2.24, 2.45) is 0 Å². The van der Waals surface area contributed by atoms with E-state index in [1.165, 1.54) is 13.2 Å². The Labute approximate surface area is 199 Å². The van der Waals surface area contributed by atoms with Gasteiger partial charge < -0.3 is 14.1 Å². The van der Waals surface area contributed by atoms with Crippen LogP contribution in [0.3, 0.4) is 0 Å². The van der Waals surface area contributed by atoms with Crippen LogP contribution in [0.15, 0.2) is 45.7 Å². The summed E-state index contributed by atoms with van der Waals surface area (Å²) in [6.45, 7) is 5.24. The Morgan fingerprint density at radius 1 is 1.12 bits per heavy atom. The van der Waals surface area contributed by atoms with Gasteiger partial charge in [-0.15, -0.1) is 10.2 Å². The fraction of sp³-hybridized carbons (Fsp3) is 0.375. The highest BCUT2D eigenvalue weighted by atomic mass is 32.2. The van der Waals surface area contributed by atoms with Gasteiger partial charge in [-0.25, -0.2) is 13.2 Å². The number of esters is 1. The maximum atomic E-state index is 13.6. The van der Waals surface area contributed by atoms with Crippen molar-refractivity contribution in [2.75, 3.05) is 29.8 Å². The van der Waals surface area contributed by atoms with E-state index >= 15 is 0 Å². The Balaban J connectivity index is 1.78. The normalized spacial score (nSPS) is 14.1. The largest absolute Gasteiger partial charge is 0.465 e. The third-order valence-electron chi connectivity index (χ3n) is 5.87. The van der Waals surface area contributed by atoms with E-state index in [1.54, 1.807) is 25.1 Å².